The van der Waals surface area contributed by atoms with Gasteiger partial charge in [-0.1, -0.05) is 35.5 Å². The number of thiazole rings is 1. The Morgan fingerprint density at radius 1 is 1.06 bits per heavy atom. The molecule has 0 aliphatic rings. The van der Waals surface area contributed by atoms with Gasteiger partial charge in [0, 0.05) is 12.3 Å². The van der Waals surface area contributed by atoms with Crippen LogP contribution in [0.3, 0.4) is 0 Å². The minimum absolute atomic E-state index is 0.715. The van der Waals surface area contributed by atoms with E-state index in [9.17, 15) is 0 Å². The molecule has 3 rings (SSSR count). The van der Waals surface area contributed by atoms with Gasteiger partial charge < -0.3 is 4.52 Å². The van der Waals surface area contributed by atoms with Gasteiger partial charge in [0.05, 0.1) is 11.1 Å². The van der Waals surface area contributed by atoms with E-state index in [0.717, 1.165) is 9.88 Å². The Morgan fingerprint density at radius 2 is 1.94 bits per heavy atom. The number of hydrogen-bond acceptors (Lipinski definition) is 4. The minimum Gasteiger partial charge on any atom is -0.354 e. The summed E-state index contributed by atoms with van der Waals surface area (Å²) >= 11 is 1.60. The minimum atomic E-state index is 0.715. The van der Waals surface area contributed by atoms with Crippen molar-refractivity contribution in [3.05, 3.63) is 48.8 Å². The van der Waals surface area contributed by atoms with Crippen LogP contribution in [0.2, 0.25) is 0 Å². The molecule has 2 heterocycles. The first-order valence-corrected chi connectivity index (χ1v) is 5.67. The Bertz CT molecular complexity index is 572. The quantitative estimate of drug-likeness (QED) is 0.674. The highest BCUT2D eigenvalue weighted by Gasteiger charge is 2.08. The second-order valence-corrected chi connectivity index (χ2v) is 4.30. The molecule has 1 aromatic carbocycles. The summed E-state index contributed by atoms with van der Waals surface area (Å²) in [6.45, 7) is 0. The van der Waals surface area contributed by atoms with Gasteiger partial charge >= 0.3 is 0 Å². The summed E-state index contributed by atoms with van der Waals surface area (Å²) in [5.41, 5.74) is 1.17. The highest BCUT2D eigenvalue weighted by atomic mass is 32.1. The van der Waals surface area contributed by atoms with Gasteiger partial charge in [-0.05, 0) is 5.56 Å². The van der Waals surface area contributed by atoms with E-state index in [0.29, 0.717) is 5.76 Å². The van der Waals surface area contributed by atoms with Crippen molar-refractivity contribution < 1.29 is 4.52 Å². The molecule has 0 radical (unpaired) electrons. The average Bonchev–Trinajstić information content (AvgIpc) is 3.01. The largest absolute Gasteiger partial charge is 0.354 e. The van der Waals surface area contributed by atoms with Gasteiger partial charge in [-0.25, -0.2) is 4.98 Å². The van der Waals surface area contributed by atoms with Crippen molar-refractivity contribution in [3.63, 3.8) is 0 Å². The fourth-order valence-electron chi connectivity index (χ4n) is 1.45. The van der Waals surface area contributed by atoms with Crippen LogP contribution in [-0.2, 0) is 0 Å². The zero-order valence-electron chi connectivity index (χ0n) is 8.33. The van der Waals surface area contributed by atoms with Crippen LogP contribution in [0.4, 0.5) is 0 Å². The van der Waals surface area contributed by atoms with E-state index >= 15 is 0 Å². The van der Waals surface area contributed by atoms with Gasteiger partial charge in [-0.15, -0.1) is 11.3 Å². The summed E-state index contributed by atoms with van der Waals surface area (Å²) in [6.07, 6.45) is 3.48. The third kappa shape index (κ3) is 1.63. The lowest BCUT2D eigenvalue weighted by Gasteiger charge is -1.93. The molecule has 0 atom stereocenters. The van der Waals surface area contributed by atoms with Crippen LogP contribution in [0, 0.1) is 0 Å². The van der Waals surface area contributed by atoms with Crippen LogP contribution in [0.15, 0.2) is 53.3 Å². The second-order valence-electron chi connectivity index (χ2n) is 3.27. The Morgan fingerprint density at radius 3 is 2.69 bits per heavy atom. The number of hydrogen-bond donors (Lipinski definition) is 0. The van der Waals surface area contributed by atoms with Crippen LogP contribution in [0.1, 0.15) is 0 Å². The van der Waals surface area contributed by atoms with Gasteiger partial charge in [0.25, 0.3) is 0 Å². The molecule has 0 aliphatic heterocycles. The highest BCUT2D eigenvalue weighted by Crippen LogP contribution is 2.31. The van der Waals surface area contributed by atoms with Crippen molar-refractivity contribution in [2.24, 2.45) is 0 Å². The van der Waals surface area contributed by atoms with E-state index in [-0.39, 0.29) is 0 Å². The predicted octanol–water partition coefficient (Wildman–Crippen LogP) is 3.47. The summed E-state index contributed by atoms with van der Waals surface area (Å²) in [5.74, 6) is 0.715. The molecule has 0 saturated heterocycles. The van der Waals surface area contributed by atoms with Gasteiger partial charge in [0.15, 0.2) is 10.8 Å². The van der Waals surface area contributed by atoms with E-state index in [1.807, 2.05) is 30.5 Å². The highest BCUT2D eigenvalue weighted by molar-refractivity contribution is 7.18. The van der Waals surface area contributed by atoms with E-state index in [1.165, 1.54) is 5.56 Å². The second kappa shape index (κ2) is 3.90. The smallest absolute Gasteiger partial charge is 0.195 e. The number of nitrogens with zero attached hydrogens (tertiary/aromatic N) is 2. The summed E-state index contributed by atoms with van der Waals surface area (Å²) in [4.78, 5) is 5.45. The molecule has 78 valence electrons. The molecule has 0 spiro atoms. The van der Waals surface area contributed by atoms with Crippen LogP contribution in [0.25, 0.3) is 21.2 Å². The Labute approximate surface area is 96.4 Å². The molecule has 0 fully saturated rings. The molecular formula is C12H8N2OS. The van der Waals surface area contributed by atoms with Crippen LogP contribution < -0.4 is 0 Å². The van der Waals surface area contributed by atoms with Gasteiger partial charge in [-0.2, -0.15) is 0 Å². The zero-order valence-corrected chi connectivity index (χ0v) is 9.15. The van der Waals surface area contributed by atoms with Crippen molar-refractivity contribution >= 4 is 11.3 Å². The lowest BCUT2D eigenvalue weighted by atomic mass is 10.2. The topological polar surface area (TPSA) is 38.9 Å². The normalized spacial score (nSPS) is 10.5. The molecule has 0 N–H and O–H groups in total. The van der Waals surface area contributed by atoms with Crippen LogP contribution >= 0.6 is 11.3 Å². The van der Waals surface area contributed by atoms with Crippen molar-refractivity contribution in [2.75, 3.05) is 0 Å². The Hall–Kier alpha value is -1.94. The molecule has 2 aromatic heterocycles. The molecule has 0 aliphatic carbocycles. The first-order chi connectivity index (χ1) is 7.93. The van der Waals surface area contributed by atoms with E-state index in [1.54, 1.807) is 17.5 Å². The number of benzene rings is 1. The summed E-state index contributed by atoms with van der Waals surface area (Å²) in [6, 6.07) is 12.0. The van der Waals surface area contributed by atoms with Crippen molar-refractivity contribution in [2.45, 2.75) is 0 Å². The zero-order chi connectivity index (χ0) is 10.8. The molecule has 3 aromatic rings. The average molecular weight is 228 g/mol. The molecule has 3 nitrogen and oxygen atoms in total. The fourth-order valence-corrected chi connectivity index (χ4v) is 2.33. The van der Waals surface area contributed by atoms with Crippen molar-refractivity contribution in [1.29, 1.82) is 0 Å². The maximum atomic E-state index is 5.07. The Balaban J connectivity index is 2.00. The van der Waals surface area contributed by atoms with Crippen molar-refractivity contribution in [1.82, 2.24) is 10.1 Å². The van der Waals surface area contributed by atoms with E-state index < -0.39 is 0 Å². The maximum absolute atomic E-state index is 5.07. The van der Waals surface area contributed by atoms with E-state index in [4.69, 9.17) is 4.52 Å². The Kier molecular flexibility index (Phi) is 2.27. The third-order valence-corrected chi connectivity index (χ3v) is 3.27. The van der Waals surface area contributed by atoms with E-state index in [2.05, 4.69) is 22.3 Å². The first-order valence-electron chi connectivity index (χ1n) is 4.86. The number of aromatic nitrogens is 2. The molecular weight excluding hydrogens is 220 g/mol. The standard InChI is InChI=1S/C12H8N2OS/c1-2-4-9(5-3-1)11-8-13-12(16-11)10-6-7-14-15-10/h1-8H. The predicted molar refractivity (Wildman–Crippen MR) is 63.0 cm³/mol. The summed E-state index contributed by atoms with van der Waals surface area (Å²) in [7, 11) is 0. The summed E-state index contributed by atoms with van der Waals surface area (Å²) < 4.78 is 5.07. The van der Waals surface area contributed by atoms with Gasteiger partial charge in [0.1, 0.15) is 0 Å². The maximum Gasteiger partial charge on any atom is 0.195 e. The lowest BCUT2D eigenvalue weighted by Crippen LogP contribution is -1.67. The van der Waals surface area contributed by atoms with Gasteiger partial charge in [-0.3, -0.25) is 0 Å². The molecule has 16 heavy (non-hydrogen) atoms. The van der Waals surface area contributed by atoms with Crippen LogP contribution in [-0.4, -0.2) is 10.1 Å². The molecule has 0 unspecified atom stereocenters. The molecule has 4 heteroatoms. The fraction of sp³-hybridized carbons (Fsp3) is 0. The van der Waals surface area contributed by atoms with Crippen LogP contribution in [0.5, 0.6) is 0 Å². The monoisotopic (exact) mass is 228 g/mol. The molecule has 0 bridgehead atoms. The SMILES string of the molecule is c1ccc(-c2cnc(-c3ccno3)s2)cc1. The number of rotatable bonds is 2. The third-order valence-electron chi connectivity index (χ3n) is 2.21. The molecule has 0 amide bonds. The summed E-state index contributed by atoms with van der Waals surface area (Å²) in [5, 5.41) is 4.53. The van der Waals surface area contributed by atoms with Crippen molar-refractivity contribution in [3.8, 4) is 21.2 Å². The van der Waals surface area contributed by atoms with Gasteiger partial charge in [0.2, 0.25) is 0 Å². The first kappa shape index (κ1) is 9.30. The molecule has 0 saturated carbocycles. The lowest BCUT2D eigenvalue weighted by molar-refractivity contribution is 0.432.